The molecule has 1 saturated heterocycles. The fraction of sp³-hybridized carbons (Fsp3) is 0.526. The first-order valence-electron chi connectivity index (χ1n) is 8.59. The third-order valence-corrected chi connectivity index (χ3v) is 5.24. The van der Waals surface area contributed by atoms with Gasteiger partial charge >= 0.3 is 0 Å². The monoisotopic (exact) mass is 330 g/mol. The van der Waals surface area contributed by atoms with Crippen LogP contribution in [-0.4, -0.2) is 46.1 Å². The Bertz CT molecular complexity index is 703. The van der Waals surface area contributed by atoms with Gasteiger partial charge in [0.25, 0.3) is 0 Å². The van der Waals surface area contributed by atoms with E-state index in [1.165, 1.54) is 0 Å². The zero-order chi connectivity index (χ0) is 17.3. The van der Waals surface area contributed by atoms with Crippen molar-refractivity contribution >= 4 is 5.78 Å². The number of ketones is 1. The third kappa shape index (κ3) is 3.19. The van der Waals surface area contributed by atoms with Crippen LogP contribution in [0.1, 0.15) is 40.9 Å². The van der Waals surface area contributed by atoms with E-state index < -0.39 is 0 Å². The van der Waals surface area contributed by atoms with Crippen LogP contribution in [0, 0.1) is 19.8 Å². The number of aliphatic hydroxyl groups excluding tert-OH is 1. The van der Waals surface area contributed by atoms with Crippen LogP contribution in [0.25, 0.3) is 0 Å². The van der Waals surface area contributed by atoms with Crippen LogP contribution in [0.15, 0.2) is 28.9 Å². The Morgan fingerprint density at radius 3 is 2.88 bits per heavy atom. The van der Waals surface area contributed by atoms with Crippen LogP contribution in [0.4, 0.5) is 0 Å². The second-order valence-electron chi connectivity index (χ2n) is 6.82. The normalized spacial score (nSPS) is 19.8. The van der Waals surface area contributed by atoms with Crippen molar-refractivity contribution in [3.05, 3.63) is 47.2 Å². The number of rotatable bonds is 6. The van der Waals surface area contributed by atoms with Gasteiger partial charge in [-0.3, -0.25) is 9.69 Å². The Hall–Kier alpha value is -1.85. The standard InChI is InChI=1S/C19H26N2O3/c1-13-9-18(14(2)21(13)11-17-5-4-8-24-17)19(23)15(3)20-7-6-16(10-20)12-22/h4-5,8-9,15-16,22H,6-7,10-12H2,1-3H3. The highest BCUT2D eigenvalue weighted by Crippen LogP contribution is 2.23. The number of aryl methyl sites for hydroxylation is 1. The summed E-state index contributed by atoms with van der Waals surface area (Å²) in [7, 11) is 0. The minimum Gasteiger partial charge on any atom is -0.467 e. The summed E-state index contributed by atoms with van der Waals surface area (Å²) in [5, 5.41) is 9.30. The van der Waals surface area contributed by atoms with Crippen molar-refractivity contribution in [2.75, 3.05) is 19.7 Å². The Morgan fingerprint density at radius 2 is 2.25 bits per heavy atom. The zero-order valence-electron chi connectivity index (χ0n) is 14.7. The SMILES string of the molecule is Cc1cc(C(=O)C(C)N2CCC(CO)C2)c(C)n1Cc1ccco1. The highest BCUT2D eigenvalue weighted by molar-refractivity contribution is 6.01. The van der Waals surface area contributed by atoms with Crippen LogP contribution >= 0.6 is 0 Å². The number of aliphatic hydroxyl groups is 1. The van der Waals surface area contributed by atoms with Crippen molar-refractivity contribution in [3.8, 4) is 0 Å². The molecule has 0 aromatic carbocycles. The predicted molar refractivity (Wildman–Crippen MR) is 92.3 cm³/mol. The van der Waals surface area contributed by atoms with Crippen LogP contribution in [0.3, 0.4) is 0 Å². The topological polar surface area (TPSA) is 58.6 Å². The maximum absolute atomic E-state index is 13.0. The molecule has 0 amide bonds. The first kappa shape index (κ1) is 17.0. The Labute approximate surface area is 142 Å². The van der Waals surface area contributed by atoms with E-state index >= 15 is 0 Å². The fourth-order valence-corrected chi connectivity index (χ4v) is 3.61. The van der Waals surface area contributed by atoms with Crippen molar-refractivity contribution < 1.29 is 14.3 Å². The highest BCUT2D eigenvalue weighted by atomic mass is 16.3. The van der Waals surface area contributed by atoms with Gasteiger partial charge in [-0.15, -0.1) is 0 Å². The number of hydrogen-bond acceptors (Lipinski definition) is 4. The van der Waals surface area contributed by atoms with Crippen molar-refractivity contribution in [1.29, 1.82) is 0 Å². The maximum Gasteiger partial charge on any atom is 0.181 e. The number of hydrogen-bond donors (Lipinski definition) is 1. The van der Waals surface area contributed by atoms with E-state index in [0.29, 0.717) is 12.5 Å². The Kier molecular flexibility index (Phi) is 4.92. The summed E-state index contributed by atoms with van der Waals surface area (Å²) in [6, 6.07) is 5.65. The first-order valence-corrected chi connectivity index (χ1v) is 8.59. The maximum atomic E-state index is 13.0. The van der Waals surface area contributed by atoms with Gasteiger partial charge in [-0.25, -0.2) is 0 Å². The van der Waals surface area contributed by atoms with Gasteiger partial charge in [0.1, 0.15) is 5.76 Å². The molecule has 1 N–H and O–H groups in total. The minimum absolute atomic E-state index is 0.154. The molecule has 3 heterocycles. The second kappa shape index (κ2) is 6.95. The largest absolute Gasteiger partial charge is 0.467 e. The summed E-state index contributed by atoms with van der Waals surface area (Å²) in [5.74, 6) is 1.34. The summed E-state index contributed by atoms with van der Waals surface area (Å²) >= 11 is 0. The molecule has 5 nitrogen and oxygen atoms in total. The van der Waals surface area contributed by atoms with E-state index in [0.717, 1.165) is 42.2 Å². The van der Waals surface area contributed by atoms with Crippen LogP contribution in [0.5, 0.6) is 0 Å². The molecule has 1 aliphatic rings. The van der Waals surface area contributed by atoms with Crippen LogP contribution in [-0.2, 0) is 6.54 Å². The van der Waals surface area contributed by atoms with E-state index in [1.54, 1.807) is 6.26 Å². The summed E-state index contributed by atoms with van der Waals surface area (Å²) in [4.78, 5) is 15.2. The lowest BCUT2D eigenvalue weighted by molar-refractivity contribution is 0.0857. The molecule has 0 aliphatic carbocycles. The van der Waals surface area contributed by atoms with Crippen LogP contribution < -0.4 is 0 Å². The van der Waals surface area contributed by atoms with E-state index in [2.05, 4.69) is 9.47 Å². The van der Waals surface area contributed by atoms with Crippen molar-refractivity contribution in [1.82, 2.24) is 9.47 Å². The summed E-state index contributed by atoms with van der Waals surface area (Å²) < 4.78 is 7.56. The molecule has 1 fully saturated rings. The number of furan rings is 1. The number of Topliss-reactive ketones (excluding diaryl/α,β-unsaturated/α-hetero) is 1. The van der Waals surface area contributed by atoms with Crippen LogP contribution in [0.2, 0.25) is 0 Å². The summed E-state index contributed by atoms with van der Waals surface area (Å²) in [6.45, 7) is 8.52. The predicted octanol–water partition coefficient (Wildman–Crippen LogP) is 2.63. The number of nitrogens with zero attached hydrogens (tertiary/aromatic N) is 2. The molecule has 1 aliphatic heterocycles. The quantitative estimate of drug-likeness (QED) is 0.827. The highest BCUT2D eigenvalue weighted by Gasteiger charge is 2.31. The average molecular weight is 330 g/mol. The smallest absolute Gasteiger partial charge is 0.181 e. The molecule has 24 heavy (non-hydrogen) atoms. The molecule has 2 aromatic heterocycles. The van der Waals surface area contributed by atoms with E-state index in [-0.39, 0.29) is 18.4 Å². The molecule has 2 atom stereocenters. The summed E-state index contributed by atoms with van der Waals surface area (Å²) in [6.07, 6.45) is 2.63. The van der Waals surface area contributed by atoms with Gasteiger partial charge in [0.15, 0.2) is 5.78 Å². The van der Waals surface area contributed by atoms with Crippen molar-refractivity contribution in [3.63, 3.8) is 0 Å². The van der Waals surface area contributed by atoms with Gasteiger partial charge in [0, 0.05) is 30.1 Å². The molecule has 2 aromatic rings. The molecule has 3 rings (SSSR count). The minimum atomic E-state index is -0.154. The molecule has 5 heteroatoms. The molecular formula is C19H26N2O3. The number of likely N-dealkylation sites (tertiary alicyclic amines) is 1. The Balaban J connectivity index is 1.78. The van der Waals surface area contributed by atoms with Gasteiger partial charge in [0.05, 0.1) is 18.8 Å². The molecule has 0 radical (unpaired) electrons. The third-order valence-electron chi connectivity index (χ3n) is 5.24. The lowest BCUT2D eigenvalue weighted by Crippen LogP contribution is -2.37. The lowest BCUT2D eigenvalue weighted by atomic mass is 10.0. The number of carbonyl (C=O) groups excluding carboxylic acids is 1. The Morgan fingerprint density at radius 1 is 1.46 bits per heavy atom. The van der Waals surface area contributed by atoms with E-state index in [9.17, 15) is 9.90 Å². The van der Waals surface area contributed by atoms with Gasteiger partial charge in [0.2, 0.25) is 0 Å². The number of carbonyl (C=O) groups is 1. The fourth-order valence-electron chi connectivity index (χ4n) is 3.61. The molecular weight excluding hydrogens is 304 g/mol. The van der Waals surface area contributed by atoms with Crippen molar-refractivity contribution in [2.24, 2.45) is 5.92 Å². The molecule has 0 spiro atoms. The summed E-state index contributed by atoms with van der Waals surface area (Å²) in [5.41, 5.74) is 2.84. The average Bonchev–Trinajstić information content (AvgIpc) is 3.30. The van der Waals surface area contributed by atoms with E-state index in [4.69, 9.17) is 4.42 Å². The lowest BCUT2D eigenvalue weighted by Gasteiger charge is -2.23. The molecule has 130 valence electrons. The van der Waals surface area contributed by atoms with Gasteiger partial charge in [-0.2, -0.15) is 0 Å². The van der Waals surface area contributed by atoms with E-state index in [1.807, 2.05) is 39.0 Å². The van der Waals surface area contributed by atoms with Gasteiger partial charge < -0.3 is 14.1 Å². The first-order chi connectivity index (χ1) is 11.5. The van der Waals surface area contributed by atoms with Gasteiger partial charge in [-0.05, 0) is 57.9 Å². The molecule has 2 unspecified atom stereocenters. The zero-order valence-corrected chi connectivity index (χ0v) is 14.7. The van der Waals surface area contributed by atoms with Crippen molar-refractivity contribution in [2.45, 2.75) is 39.8 Å². The molecule has 0 bridgehead atoms. The van der Waals surface area contributed by atoms with Gasteiger partial charge in [-0.1, -0.05) is 0 Å². The number of aromatic nitrogens is 1. The second-order valence-corrected chi connectivity index (χ2v) is 6.82. The molecule has 0 saturated carbocycles.